The predicted octanol–water partition coefficient (Wildman–Crippen LogP) is 5.78. The lowest BCUT2D eigenvalue weighted by Crippen LogP contribution is -2.46. The Morgan fingerprint density at radius 2 is 1.91 bits per heavy atom. The minimum atomic E-state index is -4.22. The van der Waals surface area contributed by atoms with Gasteiger partial charge in [-0.25, -0.2) is 4.99 Å². The molecule has 4 N–H and O–H groups in total. The number of anilines is 1. The van der Waals surface area contributed by atoms with Crippen molar-refractivity contribution in [2.24, 2.45) is 40.3 Å². The number of rotatable bonds is 6. The van der Waals surface area contributed by atoms with E-state index in [9.17, 15) is 13.0 Å². The number of aryl methyl sites for hydroxylation is 1. The second-order valence-corrected chi connectivity index (χ2v) is 13.4. The molecule has 0 aromatic heterocycles. The highest BCUT2D eigenvalue weighted by Gasteiger charge is 2.56. The molecule has 0 amide bonds. The number of hydrogen-bond acceptors (Lipinski definition) is 5. The molecule has 190 valence electrons. The second kappa shape index (κ2) is 8.48. The highest BCUT2D eigenvalue weighted by atomic mass is 32.2. The van der Waals surface area contributed by atoms with Gasteiger partial charge in [-0.3, -0.25) is 4.55 Å². The highest BCUT2D eigenvalue weighted by molar-refractivity contribution is 7.87. The first-order chi connectivity index (χ1) is 16.4. The van der Waals surface area contributed by atoms with Crippen LogP contribution in [0, 0.1) is 36.5 Å². The molecule has 7 unspecified atom stereocenters. The number of benzene rings is 1. The average molecular weight is 498 g/mol. The second-order valence-electron chi connectivity index (χ2n) is 11.6. The van der Waals surface area contributed by atoms with Crippen LogP contribution in [-0.2, 0) is 10.1 Å². The van der Waals surface area contributed by atoms with Gasteiger partial charge in [0.05, 0.1) is 0 Å². The Bertz CT molecular complexity index is 1250. The van der Waals surface area contributed by atoms with E-state index in [1.54, 1.807) is 6.92 Å². The zero-order chi connectivity index (χ0) is 25.3. The molecule has 0 radical (unpaired) electrons. The minimum absolute atomic E-state index is 0.138. The van der Waals surface area contributed by atoms with Crippen LogP contribution in [0.5, 0.6) is 0 Å². The summed E-state index contributed by atoms with van der Waals surface area (Å²) in [5.41, 5.74) is 12.7. The standard InChI is InChI=1S/C28H39N3O3S/c1-6-20-16(3)22-12-23(22)17(4)30-27(20)31-19-8-9-21(15(2)11-19)24-13-25(24)26-10-7-18(29)14-28(26,5)35(32,33)34/h7-9,11,16,22-26,31H,6,10,12-14,29H2,1-5H3,(H,32,33,34). The van der Waals surface area contributed by atoms with Crippen molar-refractivity contribution in [1.82, 2.24) is 0 Å². The molecule has 1 aromatic rings. The van der Waals surface area contributed by atoms with Crippen LogP contribution in [0.2, 0.25) is 0 Å². The van der Waals surface area contributed by atoms with Gasteiger partial charge in [0.1, 0.15) is 10.6 Å². The minimum Gasteiger partial charge on any atom is -0.402 e. The monoisotopic (exact) mass is 497 g/mol. The van der Waals surface area contributed by atoms with E-state index in [4.69, 9.17) is 10.7 Å². The number of nitrogens with zero attached hydrogens (tertiary/aromatic N) is 1. The normalized spacial score (nSPS) is 36.6. The molecule has 3 aliphatic carbocycles. The Balaban J connectivity index is 1.36. The third kappa shape index (κ3) is 4.25. The Hall–Kier alpha value is -2.12. The van der Waals surface area contributed by atoms with Crippen LogP contribution < -0.4 is 11.1 Å². The van der Waals surface area contributed by atoms with Gasteiger partial charge in [0.25, 0.3) is 10.1 Å². The van der Waals surface area contributed by atoms with Crippen molar-refractivity contribution in [2.45, 2.75) is 77.4 Å². The maximum atomic E-state index is 12.3. The van der Waals surface area contributed by atoms with Gasteiger partial charge in [-0.2, -0.15) is 8.42 Å². The summed E-state index contributed by atoms with van der Waals surface area (Å²) >= 11 is 0. The summed E-state index contributed by atoms with van der Waals surface area (Å²) in [6, 6.07) is 6.49. The quantitative estimate of drug-likeness (QED) is 0.432. The van der Waals surface area contributed by atoms with Crippen molar-refractivity contribution in [2.75, 3.05) is 5.32 Å². The zero-order valence-electron chi connectivity index (χ0n) is 21.5. The molecule has 2 saturated carbocycles. The molecule has 0 bridgehead atoms. The summed E-state index contributed by atoms with van der Waals surface area (Å²) in [7, 11) is -4.22. The van der Waals surface area contributed by atoms with Crippen LogP contribution in [-0.4, -0.2) is 23.4 Å². The van der Waals surface area contributed by atoms with Gasteiger partial charge in [-0.1, -0.05) is 26.0 Å². The number of allylic oxidation sites excluding steroid dienone is 3. The molecule has 6 nitrogen and oxygen atoms in total. The first-order valence-corrected chi connectivity index (χ1v) is 14.5. The molecule has 0 spiro atoms. The summed E-state index contributed by atoms with van der Waals surface area (Å²) in [5.74, 6) is 3.33. The van der Waals surface area contributed by atoms with Gasteiger partial charge < -0.3 is 11.1 Å². The van der Waals surface area contributed by atoms with Crippen molar-refractivity contribution >= 4 is 21.5 Å². The number of nitrogens with two attached hydrogens (primary N) is 1. The summed E-state index contributed by atoms with van der Waals surface area (Å²) in [6.45, 7) is 10.5. The third-order valence-electron chi connectivity index (χ3n) is 9.39. The van der Waals surface area contributed by atoms with Crippen molar-refractivity contribution in [3.8, 4) is 0 Å². The molecule has 7 atom stereocenters. The molecule has 1 heterocycles. The molecule has 1 aromatic carbocycles. The number of hydrogen-bond donors (Lipinski definition) is 3. The van der Waals surface area contributed by atoms with E-state index >= 15 is 0 Å². The molecule has 2 fully saturated rings. The zero-order valence-corrected chi connectivity index (χ0v) is 22.3. The van der Waals surface area contributed by atoms with Crippen molar-refractivity contribution in [1.29, 1.82) is 0 Å². The molecule has 7 heteroatoms. The number of fused-ring (bicyclic) bond motifs is 1. The van der Waals surface area contributed by atoms with Crippen molar-refractivity contribution < 1.29 is 13.0 Å². The largest absolute Gasteiger partial charge is 0.402 e. The maximum Gasteiger partial charge on any atom is 0.271 e. The lowest BCUT2D eigenvalue weighted by molar-refractivity contribution is 0.292. The molecule has 1 aliphatic heterocycles. The summed E-state index contributed by atoms with van der Waals surface area (Å²) < 4.78 is 33.5. The molecule has 35 heavy (non-hydrogen) atoms. The Morgan fingerprint density at radius 1 is 1.20 bits per heavy atom. The van der Waals surface area contributed by atoms with Crippen LogP contribution in [0.25, 0.3) is 0 Å². The molecule has 0 saturated heterocycles. The lowest BCUT2D eigenvalue weighted by atomic mass is 9.78. The Labute approximate surface area is 209 Å². The van der Waals surface area contributed by atoms with Gasteiger partial charge in [-0.05, 0) is 105 Å². The number of nitrogens with one attached hydrogen (secondary N) is 1. The van der Waals surface area contributed by atoms with Crippen LogP contribution in [0.4, 0.5) is 5.69 Å². The van der Waals surface area contributed by atoms with E-state index in [0.717, 1.165) is 30.3 Å². The smallest absolute Gasteiger partial charge is 0.271 e. The Kier molecular flexibility index (Phi) is 5.95. The van der Waals surface area contributed by atoms with E-state index in [0.29, 0.717) is 29.9 Å². The molecule has 4 aliphatic rings. The molecular formula is C28H39N3O3S. The van der Waals surface area contributed by atoms with Crippen LogP contribution in [0.3, 0.4) is 0 Å². The van der Waals surface area contributed by atoms with E-state index in [2.05, 4.69) is 51.2 Å². The average Bonchev–Trinajstić information content (AvgIpc) is 3.67. The maximum absolute atomic E-state index is 12.3. The fraction of sp³-hybridized carbons (Fsp3) is 0.607. The third-order valence-corrected chi connectivity index (χ3v) is 11.0. The highest BCUT2D eigenvalue weighted by Crippen LogP contribution is 2.59. The summed E-state index contributed by atoms with van der Waals surface area (Å²) in [6.07, 6.45) is 5.92. The van der Waals surface area contributed by atoms with Crippen molar-refractivity contribution in [3.63, 3.8) is 0 Å². The van der Waals surface area contributed by atoms with E-state index < -0.39 is 14.9 Å². The van der Waals surface area contributed by atoms with Crippen LogP contribution in [0.15, 0.2) is 46.4 Å². The first-order valence-electron chi connectivity index (χ1n) is 13.0. The van der Waals surface area contributed by atoms with Gasteiger partial charge in [-0.15, -0.1) is 0 Å². The summed E-state index contributed by atoms with van der Waals surface area (Å²) in [4.78, 5) is 5.00. The first kappa shape index (κ1) is 24.6. The lowest BCUT2D eigenvalue weighted by Gasteiger charge is -2.38. The van der Waals surface area contributed by atoms with Gasteiger partial charge in [0.2, 0.25) is 0 Å². The predicted molar refractivity (Wildman–Crippen MR) is 142 cm³/mol. The van der Waals surface area contributed by atoms with Gasteiger partial charge >= 0.3 is 0 Å². The fourth-order valence-corrected chi connectivity index (χ4v) is 8.02. The number of aliphatic imine (C=N–C) groups is 1. The molecular weight excluding hydrogens is 458 g/mol. The van der Waals surface area contributed by atoms with Gasteiger partial charge in [0, 0.05) is 29.4 Å². The summed E-state index contributed by atoms with van der Waals surface area (Å²) in [5, 5.41) is 3.62. The molecule has 5 rings (SSSR count). The van der Waals surface area contributed by atoms with Crippen LogP contribution >= 0.6 is 0 Å². The van der Waals surface area contributed by atoms with Crippen LogP contribution in [0.1, 0.15) is 76.8 Å². The van der Waals surface area contributed by atoms with E-state index in [1.807, 2.05) is 6.08 Å². The van der Waals surface area contributed by atoms with E-state index in [1.165, 1.54) is 28.8 Å². The van der Waals surface area contributed by atoms with Crippen molar-refractivity contribution in [3.05, 3.63) is 52.5 Å². The topological polar surface area (TPSA) is 105 Å². The fourth-order valence-electron chi connectivity index (χ4n) is 7.02. The Morgan fingerprint density at radius 3 is 2.57 bits per heavy atom. The van der Waals surface area contributed by atoms with Gasteiger partial charge in [0.15, 0.2) is 0 Å². The SMILES string of the molecule is CCC1=C(Nc2ccc(C3CC3C3CC=C(N)CC3(C)S(=O)(=O)O)c(C)c2)N=C(C)C2CC2C1C. The van der Waals surface area contributed by atoms with E-state index in [-0.39, 0.29) is 18.3 Å².